The molecule has 0 atom stereocenters. The van der Waals surface area contributed by atoms with Gasteiger partial charge in [0.1, 0.15) is 5.75 Å². The number of non-ortho nitro benzene ring substituents is 1. The van der Waals surface area contributed by atoms with Gasteiger partial charge in [0.2, 0.25) is 5.89 Å². The van der Waals surface area contributed by atoms with Gasteiger partial charge in [-0.3, -0.25) is 10.1 Å². The maximum absolute atomic E-state index is 11.8. The van der Waals surface area contributed by atoms with Crippen molar-refractivity contribution in [1.29, 1.82) is 0 Å². The second-order valence-electron chi connectivity index (χ2n) is 5.75. The summed E-state index contributed by atoms with van der Waals surface area (Å²) in [5.74, 6) is 0.485. The van der Waals surface area contributed by atoms with Crippen molar-refractivity contribution in [3.05, 3.63) is 76.2 Å². The minimum absolute atomic E-state index is 0.0401. The van der Waals surface area contributed by atoms with Crippen LogP contribution in [0.1, 0.15) is 18.4 Å². The number of nitro benzene ring substituents is 1. The molecular formula is C20H17N3O6. The van der Waals surface area contributed by atoms with Crippen molar-refractivity contribution >= 4 is 17.7 Å². The molecule has 0 radical (unpaired) electrons. The Labute approximate surface area is 165 Å². The van der Waals surface area contributed by atoms with Crippen molar-refractivity contribution < 1.29 is 23.6 Å². The summed E-state index contributed by atoms with van der Waals surface area (Å²) in [5.41, 5.74) is 1.31. The van der Waals surface area contributed by atoms with Crippen molar-refractivity contribution in [1.82, 2.24) is 10.2 Å². The van der Waals surface area contributed by atoms with Gasteiger partial charge in [-0.05, 0) is 42.8 Å². The molecule has 29 heavy (non-hydrogen) atoms. The molecule has 9 nitrogen and oxygen atoms in total. The summed E-state index contributed by atoms with van der Waals surface area (Å²) >= 11 is 0. The third-order valence-electron chi connectivity index (χ3n) is 3.73. The Bertz CT molecular complexity index is 1010. The molecule has 0 amide bonds. The third kappa shape index (κ3) is 5.48. The normalized spacial score (nSPS) is 10.8. The molecule has 0 aliphatic rings. The Morgan fingerprint density at radius 2 is 1.86 bits per heavy atom. The predicted molar refractivity (Wildman–Crippen MR) is 103 cm³/mol. The van der Waals surface area contributed by atoms with E-state index in [9.17, 15) is 14.9 Å². The average Bonchev–Trinajstić information content (AvgIpc) is 3.21. The number of nitrogens with zero attached hydrogens (tertiary/aromatic N) is 3. The topological polar surface area (TPSA) is 118 Å². The molecule has 3 rings (SSSR count). The number of rotatable bonds is 8. The van der Waals surface area contributed by atoms with Gasteiger partial charge in [0.15, 0.2) is 6.61 Å². The lowest BCUT2D eigenvalue weighted by Gasteiger charge is -2.02. The molecule has 0 N–H and O–H groups in total. The fourth-order valence-electron chi connectivity index (χ4n) is 2.34. The Kier molecular flexibility index (Phi) is 6.31. The summed E-state index contributed by atoms with van der Waals surface area (Å²) in [6, 6.07) is 12.9. The molecule has 0 bridgehead atoms. The molecule has 0 aliphatic carbocycles. The smallest absolute Gasteiger partial charge is 0.331 e. The lowest BCUT2D eigenvalue weighted by atomic mass is 10.2. The number of hydrogen-bond acceptors (Lipinski definition) is 8. The van der Waals surface area contributed by atoms with Crippen molar-refractivity contribution in [3.8, 4) is 17.2 Å². The number of aromatic nitrogens is 2. The van der Waals surface area contributed by atoms with Crippen LogP contribution in [0.15, 0.2) is 59.0 Å². The second kappa shape index (κ2) is 9.27. The van der Waals surface area contributed by atoms with Crippen LogP contribution in [0.4, 0.5) is 5.69 Å². The lowest BCUT2D eigenvalue weighted by molar-refractivity contribution is -0.384. The molecule has 9 heteroatoms. The fourth-order valence-corrected chi connectivity index (χ4v) is 2.34. The SMILES string of the molecule is CCOc1ccc(/C=C/C(=O)OCc2nnc(-c3ccc([N+](=O)[O-])cc3)o2)cc1. The summed E-state index contributed by atoms with van der Waals surface area (Å²) < 4.78 is 15.8. The lowest BCUT2D eigenvalue weighted by Crippen LogP contribution is -2.00. The highest BCUT2D eigenvalue weighted by Crippen LogP contribution is 2.21. The van der Waals surface area contributed by atoms with Gasteiger partial charge < -0.3 is 13.9 Å². The summed E-state index contributed by atoms with van der Waals surface area (Å²) in [6.45, 7) is 2.30. The van der Waals surface area contributed by atoms with Crippen molar-refractivity contribution in [2.75, 3.05) is 6.61 Å². The van der Waals surface area contributed by atoms with Gasteiger partial charge in [-0.1, -0.05) is 12.1 Å². The number of benzene rings is 2. The fraction of sp³-hybridized carbons (Fsp3) is 0.150. The first-order chi connectivity index (χ1) is 14.0. The molecule has 0 fully saturated rings. The summed E-state index contributed by atoms with van der Waals surface area (Å²) in [7, 11) is 0. The molecule has 148 valence electrons. The van der Waals surface area contributed by atoms with Gasteiger partial charge in [-0.2, -0.15) is 0 Å². The predicted octanol–water partition coefficient (Wildman–Crippen LogP) is 3.80. The first-order valence-electron chi connectivity index (χ1n) is 8.70. The van der Waals surface area contributed by atoms with Crippen LogP contribution >= 0.6 is 0 Å². The molecule has 0 saturated heterocycles. The van der Waals surface area contributed by atoms with E-state index in [1.54, 1.807) is 6.08 Å². The van der Waals surface area contributed by atoms with Crippen LogP contribution in [0, 0.1) is 10.1 Å². The van der Waals surface area contributed by atoms with Crippen LogP contribution in [-0.4, -0.2) is 27.7 Å². The monoisotopic (exact) mass is 395 g/mol. The van der Waals surface area contributed by atoms with E-state index >= 15 is 0 Å². The third-order valence-corrected chi connectivity index (χ3v) is 3.73. The number of esters is 1. The quantitative estimate of drug-likeness (QED) is 0.245. The summed E-state index contributed by atoms with van der Waals surface area (Å²) in [6.07, 6.45) is 2.91. The number of carbonyl (C=O) groups excluding carboxylic acids is 1. The first-order valence-corrected chi connectivity index (χ1v) is 8.70. The van der Waals surface area contributed by atoms with E-state index in [-0.39, 0.29) is 24.1 Å². The van der Waals surface area contributed by atoms with E-state index in [2.05, 4.69) is 10.2 Å². The zero-order valence-electron chi connectivity index (χ0n) is 15.5. The summed E-state index contributed by atoms with van der Waals surface area (Å²) in [5, 5.41) is 18.3. The van der Waals surface area contributed by atoms with Gasteiger partial charge in [0.05, 0.1) is 11.5 Å². The highest BCUT2D eigenvalue weighted by Gasteiger charge is 2.12. The number of nitro groups is 1. The zero-order chi connectivity index (χ0) is 20.6. The van der Waals surface area contributed by atoms with Crippen LogP contribution < -0.4 is 4.74 Å². The number of ether oxygens (including phenoxy) is 2. The Balaban J connectivity index is 1.53. The number of carbonyl (C=O) groups is 1. The van der Waals surface area contributed by atoms with Crippen LogP contribution in [-0.2, 0) is 16.1 Å². The van der Waals surface area contributed by atoms with Crippen LogP contribution in [0.2, 0.25) is 0 Å². The van der Waals surface area contributed by atoms with Gasteiger partial charge in [-0.15, -0.1) is 10.2 Å². The number of hydrogen-bond donors (Lipinski definition) is 0. The Morgan fingerprint density at radius 3 is 2.52 bits per heavy atom. The van der Waals surface area contributed by atoms with Gasteiger partial charge in [0, 0.05) is 23.8 Å². The largest absolute Gasteiger partial charge is 0.494 e. The highest BCUT2D eigenvalue weighted by molar-refractivity contribution is 5.87. The summed E-state index contributed by atoms with van der Waals surface area (Å²) in [4.78, 5) is 22.0. The maximum Gasteiger partial charge on any atom is 0.331 e. The van der Waals surface area contributed by atoms with Crippen LogP contribution in [0.25, 0.3) is 17.5 Å². The second-order valence-corrected chi connectivity index (χ2v) is 5.75. The minimum atomic E-state index is -0.561. The first kappa shape index (κ1) is 19.7. The molecule has 0 saturated carbocycles. The van der Waals surface area contributed by atoms with Crippen LogP contribution in [0.3, 0.4) is 0 Å². The zero-order valence-corrected chi connectivity index (χ0v) is 15.5. The van der Waals surface area contributed by atoms with Crippen molar-refractivity contribution in [2.24, 2.45) is 0 Å². The standard InChI is InChI=1S/C20H17N3O6/c1-2-27-17-10-3-14(4-11-17)5-12-19(24)28-13-18-21-22-20(29-18)15-6-8-16(9-7-15)23(25)26/h3-12H,2,13H2,1H3/b12-5+. The molecule has 3 aromatic rings. The van der Waals surface area contributed by atoms with Crippen molar-refractivity contribution in [2.45, 2.75) is 13.5 Å². The van der Waals surface area contributed by atoms with E-state index in [1.807, 2.05) is 31.2 Å². The molecule has 0 aliphatic heterocycles. The van der Waals surface area contributed by atoms with Gasteiger partial charge in [-0.25, -0.2) is 4.79 Å². The van der Waals surface area contributed by atoms with Crippen LogP contribution in [0.5, 0.6) is 5.75 Å². The van der Waals surface area contributed by atoms with E-state index < -0.39 is 10.9 Å². The Morgan fingerprint density at radius 1 is 1.14 bits per heavy atom. The molecule has 0 unspecified atom stereocenters. The molecule has 2 aromatic carbocycles. The minimum Gasteiger partial charge on any atom is -0.494 e. The van der Waals surface area contributed by atoms with Gasteiger partial charge >= 0.3 is 5.97 Å². The van der Waals surface area contributed by atoms with E-state index in [0.29, 0.717) is 12.2 Å². The molecular weight excluding hydrogens is 378 g/mol. The maximum atomic E-state index is 11.8. The molecule has 1 aromatic heterocycles. The molecule has 1 heterocycles. The highest BCUT2D eigenvalue weighted by atomic mass is 16.6. The van der Waals surface area contributed by atoms with Gasteiger partial charge in [0.25, 0.3) is 11.6 Å². The average molecular weight is 395 g/mol. The Hall–Kier alpha value is -4.01. The van der Waals surface area contributed by atoms with Crippen molar-refractivity contribution in [3.63, 3.8) is 0 Å². The molecule has 0 spiro atoms. The van der Waals surface area contributed by atoms with E-state index in [4.69, 9.17) is 13.9 Å². The van der Waals surface area contributed by atoms with E-state index in [0.717, 1.165) is 11.3 Å². The van der Waals surface area contributed by atoms with E-state index in [1.165, 1.54) is 30.3 Å².